The van der Waals surface area contributed by atoms with E-state index in [4.69, 9.17) is 0 Å². The predicted molar refractivity (Wildman–Crippen MR) is 75.4 cm³/mol. The number of aliphatic imine (C=N–C) groups is 1. The van der Waals surface area contributed by atoms with Gasteiger partial charge in [0.15, 0.2) is 0 Å². The SMILES string of the molecule is CC(C)C1=CC=C2C=CC(C)(C)N=CC2=CC1. The van der Waals surface area contributed by atoms with Crippen LogP contribution in [0, 0.1) is 5.92 Å². The molecule has 0 N–H and O–H groups in total. The second-order valence-corrected chi connectivity index (χ2v) is 5.63. The predicted octanol–water partition coefficient (Wildman–Crippen LogP) is 4.24. The first kappa shape index (κ1) is 12.1. The van der Waals surface area contributed by atoms with Crippen LogP contribution in [0.5, 0.6) is 0 Å². The molecule has 1 heterocycles. The van der Waals surface area contributed by atoms with E-state index < -0.39 is 0 Å². The minimum atomic E-state index is -0.0849. The molecular formula is C16H21N. The van der Waals surface area contributed by atoms with Crippen LogP contribution < -0.4 is 0 Å². The molecule has 0 amide bonds. The lowest BCUT2D eigenvalue weighted by Crippen LogP contribution is -2.11. The minimum absolute atomic E-state index is 0.0849. The Morgan fingerprint density at radius 1 is 1.18 bits per heavy atom. The third-order valence-electron chi connectivity index (χ3n) is 3.32. The summed E-state index contributed by atoms with van der Waals surface area (Å²) in [5.74, 6) is 0.614. The van der Waals surface area contributed by atoms with E-state index in [1.807, 2.05) is 6.21 Å². The molecule has 0 atom stereocenters. The highest BCUT2D eigenvalue weighted by Crippen LogP contribution is 2.26. The summed E-state index contributed by atoms with van der Waals surface area (Å²) in [6.45, 7) is 8.75. The number of hydrogen-bond donors (Lipinski definition) is 0. The molecule has 1 nitrogen and oxygen atoms in total. The average Bonchev–Trinajstić information content (AvgIpc) is 2.52. The zero-order chi connectivity index (χ0) is 12.5. The van der Waals surface area contributed by atoms with Gasteiger partial charge in [-0.1, -0.05) is 49.8 Å². The molecule has 1 aliphatic heterocycles. The molecule has 0 spiro atoms. The molecule has 0 aromatic carbocycles. The van der Waals surface area contributed by atoms with E-state index in [-0.39, 0.29) is 5.54 Å². The molecule has 0 fully saturated rings. The fourth-order valence-electron chi connectivity index (χ4n) is 1.99. The van der Waals surface area contributed by atoms with E-state index in [1.54, 1.807) is 0 Å². The Labute approximate surface area is 104 Å². The fourth-order valence-corrected chi connectivity index (χ4v) is 1.99. The normalized spacial score (nSPS) is 22.3. The largest absolute Gasteiger partial charge is 0.282 e. The topological polar surface area (TPSA) is 12.4 Å². The van der Waals surface area contributed by atoms with Crippen molar-refractivity contribution in [2.75, 3.05) is 0 Å². The average molecular weight is 227 g/mol. The minimum Gasteiger partial charge on any atom is -0.282 e. The van der Waals surface area contributed by atoms with E-state index in [0.717, 1.165) is 6.42 Å². The number of allylic oxidation sites excluding steroid dienone is 7. The van der Waals surface area contributed by atoms with Crippen LogP contribution in [0.4, 0.5) is 0 Å². The van der Waals surface area contributed by atoms with Crippen molar-refractivity contribution >= 4 is 6.21 Å². The zero-order valence-electron chi connectivity index (χ0n) is 11.2. The maximum absolute atomic E-state index is 4.61. The fraction of sp³-hybridized carbons (Fsp3) is 0.438. The maximum Gasteiger partial charge on any atom is 0.0735 e. The van der Waals surface area contributed by atoms with E-state index in [2.05, 4.69) is 63.1 Å². The van der Waals surface area contributed by atoms with Crippen LogP contribution in [-0.4, -0.2) is 11.8 Å². The lowest BCUT2D eigenvalue weighted by molar-refractivity contribution is 0.662. The highest BCUT2D eigenvalue weighted by atomic mass is 14.8. The lowest BCUT2D eigenvalue weighted by atomic mass is 10.00. The van der Waals surface area contributed by atoms with Crippen molar-refractivity contribution in [3.8, 4) is 0 Å². The molecular weight excluding hydrogens is 206 g/mol. The standard InChI is InChI=1S/C16H21N/c1-12(2)13-5-7-14-9-10-16(3,4)17-11-15(14)8-6-13/h5,7-12H,6H2,1-4H3. The number of hydrogen-bond acceptors (Lipinski definition) is 1. The molecule has 0 radical (unpaired) electrons. The molecule has 0 bridgehead atoms. The third-order valence-corrected chi connectivity index (χ3v) is 3.32. The molecule has 90 valence electrons. The first-order chi connectivity index (χ1) is 7.98. The molecule has 1 heteroatoms. The molecule has 17 heavy (non-hydrogen) atoms. The van der Waals surface area contributed by atoms with Gasteiger partial charge in [0.1, 0.15) is 0 Å². The van der Waals surface area contributed by atoms with Crippen LogP contribution >= 0.6 is 0 Å². The summed E-state index contributed by atoms with van der Waals surface area (Å²) < 4.78 is 0. The maximum atomic E-state index is 4.61. The quantitative estimate of drug-likeness (QED) is 0.635. The second kappa shape index (κ2) is 4.48. The summed E-state index contributed by atoms with van der Waals surface area (Å²) in [5.41, 5.74) is 3.92. The van der Waals surface area contributed by atoms with Crippen molar-refractivity contribution in [1.29, 1.82) is 0 Å². The Morgan fingerprint density at radius 3 is 2.65 bits per heavy atom. The van der Waals surface area contributed by atoms with Gasteiger partial charge in [-0.3, -0.25) is 4.99 Å². The molecule has 0 saturated carbocycles. The van der Waals surface area contributed by atoms with Gasteiger partial charge < -0.3 is 0 Å². The molecule has 2 aliphatic rings. The lowest BCUT2D eigenvalue weighted by Gasteiger charge is -2.11. The summed E-state index contributed by atoms with van der Waals surface area (Å²) in [4.78, 5) is 4.61. The van der Waals surface area contributed by atoms with E-state index in [0.29, 0.717) is 5.92 Å². The molecule has 2 rings (SSSR count). The van der Waals surface area contributed by atoms with Gasteiger partial charge in [0.25, 0.3) is 0 Å². The molecule has 1 aliphatic carbocycles. The molecule has 0 aromatic heterocycles. The summed E-state index contributed by atoms with van der Waals surface area (Å²) in [6, 6.07) is 0. The highest BCUT2D eigenvalue weighted by Gasteiger charge is 2.16. The third kappa shape index (κ3) is 2.85. The molecule has 0 unspecified atom stereocenters. The smallest absolute Gasteiger partial charge is 0.0735 e. The van der Waals surface area contributed by atoms with Crippen molar-refractivity contribution in [1.82, 2.24) is 0 Å². The first-order valence-corrected chi connectivity index (χ1v) is 6.34. The van der Waals surface area contributed by atoms with Crippen LogP contribution in [0.25, 0.3) is 0 Å². The summed E-state index contributed by atoms with van der Waals surface area (Å²) >= 11 is 0. The van der Waals surface area contributed by atoms with Crippen molar-refractivity contribution in [2.24, 2.45) is 10.9 Å². The summed E-state index contributed by atoms with van der Waals surface area (Å²) in [6.07, 6.45) is 14.2. The van der Waals surface area contributed by atoms with Crippen LogP contribution in [-0.2, 0) is 0 Å². The summed E-state index contributed by atoms with van der Waals surface area (Å²) in [5, 5.41) is 0. The van der Waals surface area contributed by atoms with Crippen LogP contribution in [0.15, 0.2) is 52.1 Å². The second-order valence-electron chi connectivity index (χ2n) is 5.63. The summed E-state index contributed by atoms with van der Waals surface area (Å²) in [7, 11) is 0. The van der Waals surface area contributed by atoms with E-state index in [9.17, 15) is 0 Å². The monoisotopic (exact) mass is 227 g/mol. The van der Waals surface area contributed by atoms with Gasteiger partial charge in [0.05, 0.1) is 5.54 Å². The van der Waals surface area contributed by atoms with Crippen molar-refractivity contribution < 1.29 is 0 Å². The van der Waals surface area contributed by atoms with Crippen molar-refractivity contribution in [3.63, 3.8) is 0 Å². The Bertz CT molecular complexity index is 454. The van der Waals surface area contributed by atoms with Crippen molar-refractivity contribution in [3.05, 3.63) is 47.1 Å². The van der Waals surface area contributed by atoms with Gasteiger partial charge in [-0.05, 0) is 37.3 Å². The Morgan fingerprint density at radius 2 is 1.94 bits per heavy atom. The highest BCUT2D eigenvalue weighted by molar-refractivity contribution is 5.87. The van der Waals surface area contributed by atoms with Gasteiger partial charge in [-0.25, -0.2) is 0 Å². The number of rotatable bonds is 1. The van der Waals surface area contributed by atoms with E-state index >= 15 is 0 Å². The first-order valence-electron chi connectivity index (χ1n) is 6.34. The molecule has 0 saturated heterocycles. The van der Waals surface area contributed by atoms with Gasteiger partial charge in [0, 0.05) is 6.21 Å². The van der Waals surface area contributed by atoms with Gasteiger partial charge in [-0.2, -0.15) is 0 Å². The Balaban J connectivity index is 2.38. The van der Waals surface area contributed by atoms with Crippen LogP contribution in [0.2, 0.25) is 0 Å². The van der Waals surface area contributed by atoms with Gasteiger partial charge in [0.2, 0.25) is 0 Å². The number of fused-ring (bicyclic) bond motifs is 1. The van der Waals surface area contributed by atoms with Gasteiger partial charge in [-0.15, -0.1) is 0 Å². The van der Waals surface area contributed by atoms with Crippen LogP contribution in [0.1, 0.15) is 34.1 Å². The zero-order valence-corrected chi connectivity index (χ0v) is 11.2. The molecule has 0 aromatic rings. The van der Waals surface area contributed by atoms with E-state index in [1.165, 1.54) is 16.7 Å². The Hall–Kier alpha value is -1.37. The van der Waals surface area contributed by atoms with Crippen LogP contribution in [0.3, 0.4) is 0 Å². The number of nitrogens with zero attached hydrogens (tertiary/aromatic N) is 1. The Kier molecular flexibility index (Phi) is 3.19. The van der Waals surface area contributed by atoms with Crippen molar-refractivity contribution in [2.45, 2.75) is 39.7 Å². The van der Waals surface area contributed by atoms with Gasteiger partial charge >= 0.3 is 0 Å².